The second-order valence-electron chi connectivity index (χ2n) is 4.68. The largest absolute Gasteiger partial charge is 0.496 e. The Kier molecular flexibility index (Phi) is 3.53. The molecule has 5 heteroatoms. The predicted octanol–water partition coefficient (Wildman–Crippen LogP) is 3.43. The molecule has 0 aliphatic heterocycles. The Morgan fingerprint density at radius 1 is 1.25 bits per heavy atom. The molecular formula is C15H13BrN2O2. The quantitative estimate of drug-likeness (QED) is 0.845. The van der Waals surface area contributed by atoms with Crippen LogP contribution >= 0.6 is 15.9 Å². The predicted molar refractivity (Wildman–Crippen MR) is 79.0 cm³/mol. The molecular weight excluding hydrogens is 320 g/mol. The topological polar surface area (TPSA) is 52.1 Å². The highest BCUT2D eigenvalue weighted by Gasteiger charge is 2.20. The fraction of sp³-hybridized carbons (Fsp3) is 0.267. The molecule has 0 atom stereocenters. The zero-order valence-electron chi connectivity index (χ0n) is 11.0. The number of aromatic nitrogens is 2. The average molecular weight is 333 g/mol. The molecule has 3 rings (SSSR count). The minimum absolute atomic E-state index is 0.138. The van der Waals surface area contributed by atoms with Crippen molar-refractivity contribution in [2.45, 2.75) is 19.3 Å². The number of halogens is 1. The van der Waals surface area contributed by atoms with E-state index < -0.39 is 0 Å². The summed E-state index contributed by atoms with van der Waals surface area (Å²) in [6.07, 6.45) is 3.92. The summed E-state index contributed by atoms with van der Waals surface area (Å²) in [4.78, 5) is 20.7. The lowest BCUT2D eigenvalue weighted by Crippen LogP contribution is -2.13. The maximum atomic E-state index is 11.8. The molecule has 0 unspecified atom stereocenters. The lowest BCUT2D eigenvalue weighted by molar-refractivity contribution is 0.0971. The Morgan fingerprint density at radius 2 is 2.10 bits per heavy atom. The summed E-state index contributed by atoms with van der Waals surface area (Å²) in [5, 5.41) is 0. The standard InChI is InChI=1S/C15H13BrN2O2/c1-20-14-6-5-9(16)7-10(14)15-17-8-11-12(18-15)3-2-4-13(11)19/h5-8H,2-4H2,1H3. The first-order chi connectivity index (χ1) is 9.69. The summed E-state index contributed by atoms with van der Waals surface area (Å²) < 4.78 is 6.29. The minimum Gasteiger partial charge on any atom is -0.496 e. The number of methoxy groups -OCH3 is 1. The van der Waals surface area contributed by atoms with Crippen LogP contribution in [0.2, 0.25) is 0 Å². The van der Waals surface area contributed by atoms with Crippen LogP contribution < -0.4 is 4.74 Å². The second kappa shape index (κ2) is 5.32. The molecule has 1 aromatic heterocycles. The van der Waals surface area contributed by atoms with Crippen molar-refractivity contribution in [1.82, 2.24) is 9.97 Å². The third-order valence-electron chi connectivity index (χ3n) is 3.39. The van der Waals surface area contributed by atoms with E-state index in [-0.39, 0.29) is 5.78 Å². The first-order valence-corrected chi connectivity index (χ1v) is 7.21. The summed E-state index contributed by atoms with van der Waals surface area (Å²) in [6.45, 7) is 0. The lowest BCUT2D eigenvalue weighted by atomic mass is 9.96. The Bertz CT molecular complexity index is 686. The van der Waals surface area contributed by atoms with E-state index in [9.17, 15) is 4.79 Å². The molecule has 20 heavy (non-hydrogen) atoms. The Morgan fingerprint density at radius 3 is 2.90 bits per heavy atom. The molecule has 4 nitrogen and oxygen atoms in total. The van der Waals surface area contributed by atoms with Gasteiger partial charge in [-0.05, 0) is 31.0 Å². The van der Waals surface area contributed by atoms with Gasteiger partial charge in [-0.3, -0.25) is 4.79 Å². The second-order valence-corrected chi connectivity index (χ2v) is 5.59. The van der Waals surface area contributed by atoms with Gasteiger partial charge < -0.3 is 4.74 Å². The van der Waals surface area contributed by atoms with Gasteiger partial charge in [-0.1, -0.05) is 15.9 Å². The van der Waals surface area contributed by atoms with Gasteiger partial charge in [0.25, 0.3) is 0 Å². The molecule has 0 saturated heterocycles. The fourth-order valence-electron chi connectivity index (χ4n) is 2.38. The van der Waals surface area contributed by atoms with Crippen LogP contribution in [0.15, 0.2) is 28.9 Å². The maximum absolute atomic E-state index is 11.8. The molecule has 0 bridgehead atoms. The van der Waals surface area contributed by atoms with E-state index in [4.69, 9.17) is 4.74 Å². The van der Waals surface area contributed by atoms with Crippen LogP contribution in [0.1, 0.15) is 28.9 Å². The van der Waals surface area contributed by atoms with E-state index in [1.807, 2.05) is 18.2 Å². The monoisotopic (exact) mass is 332 g/mol. The number of rotatable bonds is 2. The van der Waals surface area contributed by atoms with Crippen LogP contribution in [0, 0.1) is 0 Å². The number of hydrogen-bond donors (Lipinski definition) is 0. The molecule has 0 N–H and O–H groups in total. The van der Waals surface area contributed by atoms with Crippen molar-refractivity contribution in [2.24, 2.45) is 0 Å². The van der Waals surface area contributed by atoms with Gasteiger partial charge >= 0.3 is 0 Å². The molecule has 0 saturated carbocycles. The summed E-state index contributed by atoms with van der Waals surface area (Å²) in [7, 11) is 1.62. The highest BCUT2D eigenvalue weighted by atomic mass is 79.9. The summed E-state index contributed by atoms with van der Waals surface area (Å²) in [5.41, 5.74) is 2.32. The van der Waals surface area contributed by atoms with E-state index >= 15 is 0 Å². The minimum atomic E-state index is 0.138. The van der Waals surface area contributed by atoms with Gasteiger partial charge in [0, 0.05) is 17.1 Å². The van der Waals surface area contributed by atoms with E-state index in [0.29, 0.717) is 17.8 Å². The number of Topliss-reactive ketones (excluding diaryl/α,β-unsaturated/α-hetero) is 1. The van der Waals surface area contributed by atoms with Crippen molar-refractivity contribution in [3.63, 3.8) is 0 Å². The van der Waals surface area contributed by atoms with Gasteiger partial charge in [0.05, 0.1) is 23.9 Å². The van der Waals surface area contributed by atoms with E-state index in [2.05, 4.69) is 25.9 Å². The van der Waals surface area contributed by atoms with E-state index in [0.717, 1.165) is 34.3 Å². The third-order valence-corrected chi connectivity index (χ3v) is 3.88. The van der Waals surface area contributed by atoms with Crippen LogP contribution in [0.4, 0.5) is 0 Å². The van der Waals surface area contributed by atoms with Crippen molar-refractivity contribution in [1.29, 1.82) is 0 Å². The zero-order chi connectivity index (χ0) is 14.1. The molecule has 1 aliphatic carbocycles. The van der Waals surface area contributed by atoms with E-state index in [1.54, 1.807) is 13.3 Å². The molecule has 0 amide bonds. The Hall–Kier alpha value is -1.75. The first kappa shape index (κ1) is 13.2. The van der Waals surface area contributed by atoms with Crippen LogP contribution in [-0.2, 0) is 6.42 Å². The van der Waals surface area contributed by atoms with E-state index in [1.165, 1.54) is 0 Å². The average Bonchev–Trinajstić information content (AvgIpc) is 2.47. The number of fused-ring (bicyclic) bond motifs is 1. The summed E-state index contributed by atoms with van der Waals surface area (Å²) in [6, 6.07) is 5.70. The third kappa shape index (κ3) is 2.33. The number of ketones is 1. The smallest absolute Gasteiger partial charge is 0.166 e. The van der Waals surface area contributed by atoms with Crippen LogP contribution in [0.5, 0.6) is 5.75 Å². The van der Waals surface area contributed by atoms with Crippen molar-refractivity contribution in [3.05, 3.63) is 40.1 Å². The molecule has 102 valence electrons. The highest BCUT2D eigenvalue weighted by Crippen LogP contribution is 2.31. The summed E-state index contributed by atoms with van der Waals surface area (Å²) >= 11 is 3.44. The number of hydrogen-bond acceptors (Lipinski definition) is 4. The van der Waals surface area contributed by atoms with Crippen LogP contribution in [0.3, 0.4) is 0 Å². The molecule has 1 aromatic carbocycles. The number of benzene rings is 1. The number of aryl methyl sites for hydroxylation is 1. The molecule has 0 spiro atoms. The molecule has 0 fully saturated rings. The SMILES string of the molecule is COc1ccc(Br)cc1-c1ncc2c(n1)CCCC2=O. The fourth-order valence-corrected chi connectivity index (χ4v) is 2.74. The Labute approximate surface area is 125 Å². The van der Waals surface area contributed by atoms with Gasteiger partial charge in [-0.2, -0.15) is 0 Å². The van der Waals surface area contributed by atoms with Crippen molar-refractivity contribution in [3.8, 4) is 17.1 Å². The zero-order valence-corrected chi connectivity index (χ0v) is 12.6. The van der Waals surface area contributed by atoms with Gasteiger partial charge in [-0.15, -0.1) is 0 Å². The van der Waals surface area contributed by atoms with Crippen LogP contribution in [0.25, 0.3) is 11.4 Å². The number of carbonyl (C=O) groups is 1. The normalized spacial score (nSPS) is 14.0. The van der Waals surface area contributed by atoms with Gasteiger partial charge in [0.15, 0.2) is 11.6 Å². The lowest BCUT2D eigenvalue weighted by Gasteiger charge is -2.15. The van der Waals surface area contributed by atoms with Crippen molar-refractivity contribution >= 4 is 21.7 Å². The molecule has 1 aliphatic rings. The molecule has 0 radical (unpaired) electrons. The summed E-state index contributed by atoms with van der Waals surface area (Å²) in [5.74, 6) is 1.45. The molecule has 2 aromatic rings. The molecule has 1 heterocycles. The number of nitrogens with zero attached hydrogens (tertiary/aromatic N) is 2. The van der Waals surface area contributed by atoms with Gasteiger partial charge in [-0.25, -0.2) is 9.97 Å². The highest BCUT2D eigenvalue weighted by molar-refractivity contribution is 9.10. The number of carbonyl (C=O) groups excluding carboxylic acids is 1. The first-order valence-electron chi connectivity index (χ1n) is 6.42. The Balaban J connectivity index is 2.11. The van der Waals surface area contributed by atoms with Gasteiger partial charge in [0.1, 0.15) is 5.75 Å². The number of ether oxygens (including phenoxy) is 1. The van der Waals surface area contributed by atoms with Crippen molar-refractivity contribution < 1.29 is 9.53 Å². The maximum Gasteiger partial charge on any atom is 0.166 e. The van der Waals surface area contributed by atoms with Crippen LogP contribution in [-0.4, -0.2) is 22.9 Å². The van der Waals surface area contributed by atoms with Crippen molar-refractivity contribution in [2.75, 3.05) is 7.11 Å². The van der Waals surface area contributed by atoms with Gasteiger partial charge in [0.2, 0.25) is 0 Å².